The maximum absolute atomic E-state index is 13.1. The Kier molecular flexibility index (Phi) is 7.93. The molecule has 174 valence electrons. The van der Waals surface area contributed by atoms with Crippen LogP contribution in [0.4, 0.5) is 0 Å². The molecule has 0 unspecified atom stereocenters. The summed E-state index contributed by atoms with van der Waals surface area (Å²) in [7, 11) is 6.19. The summed E-state index contributed by atoms with van der Waals surface area (Å²) >= 11 is 3.01. The third kappa shape index (κ3) is 4.67. The van der Waals surface area contributed by atoms with Crippen LogP contribution >= 0.6 is 23.5 Å². The number of thioether (sulfide) groups is 2. The van der Waals surface area contributed by atoms with Crippen molar-refractivity contribution in [3.63, 3.8) is 0 Å². The molecule has 2 aromatic carbocycles. The van der Waals surface area contributed by atoms with Crippen LogP contribution in [0.2, 0.25) is 0 Å². The molecule has 0 fully saturated rings. The van der Waals surface area contributed by atoms with E-state index in [4.69, 9.17) is 19.9 Å². The molecule has 0 amide bonds. The van der Waals surface area contributed by atoms with E-state index in [0.717, 1.165) is 10.5 Å². The van der Waals surface area contributed by atoms with Crippen LogP contribution in [0, 0.1) is 0 Å². The molecule has 0 atom stereocenters. The van der Waals surface area contributed by atoms with Crippen molar-refractivity contribution in [3.8, 4) is 34.3 Å². The van der Waals surface area contributed by atoms with Gasteiger partial charge in [0.05, 0.1) is 32.0 Å². The molecule has 0 saturated carbocycles. The Balaban J connectivity index is 2.47. The largest absolute Gasteiger partial charge is 0.493 e. The zero-order valence-electron chi connectivity index (χ0n) is 19.3. The van der Waals surface area contributed by atoms with Gasteiger partial charge < -0.3 is 19.9 Å². The molecule has 3 aromatic rings. The highest BCUT2D eigenvalue weighted by molar-refractivity contribution is 7.98. The van der Waals surface area contributed by atoms with Crippen LogP contribution in [0.1, 0.15) is 5.56 Å². The van der Waals surface area contributed by atoms with Crippen LogP contribution in [0.3, 0.4) is 0 Å². The number of benzene rings is 2. The lowest BCUT2D eigenvalue weighted by atomic mass is 10.1. The van der Waals surface area contributed by atoms with E-state index in [0.29, 0.717) is 33.8 Å². The number of hydrogen-bond acceptors (Lipinski definition) is 8. The van der Waals surface area contributed by atoms with Crippen molar-refractivity contribution < 1.29 is 14.2 Å². The number of rotatable bonds is 8. The molecule has 0 saturated heterocycles. The number of amidine groups is 1. The van der Waals surface area contributed by atoms with Crippen LogP contribution in [-0.4, -0.2) is 56.3 Å². The van der Waals surface area contributed by atoms with Crippen LogP contribution in [0.15, 0.2) is 56.1 Å². The first-order valence-corrected chi connectivity index (χ1v) is 12.3. The van der Waals surface area contributed by atoms with Crippen molar-refractivity contribution in [2.75, 3.05) is 40.9 Å². The Labute approximate surface area is 201 Å². The van der Waals surface area contributed by atoms with Gasteiger partial charge in [0.2, 0.25) is 5.75 Å². The van der Waals surface area contributed by atoms with Crippen molar-refractivity contribution in [3.05, 3.63) is 52.3 Å². The Bertz CT molecular complexity index is 1220. The van der Waals surface area contributed by atoms with E-state index in [1.807, 2.05) is 41.3 Å². The molecule has 1 heterocycles. The molecule has 1 aromatic heterocycles. The van der Waals surface area contributed by atoms with Crippen LogP contribution in [-0.2, 0) is 0 Å². The summed E-state index contributed by atoms with van der Waals surface area (Å²) in [6.07, 6.45) is 3.88. The van der Waals surface area contributed by atoms with Gasteiger partial charge in [-0.15, -0.1) is 23.5 Å². The van der Waals surface area contributed by atoms with Crippen molar-refractivity contribution in [1.29, 1.82) is 0 Å². The zero-order valence-corrected chi connectivity index (χ0v) is 21.0. The van der Waals surface area contributed by atoms with Crippen LogP contribution < -0.4 is 25.5 Å². The van der Waals surface area contributed by atoms with Crippen molar-refractivity contribution in [2.24, 2.45) is 10.7 Å². The van der Waals surface area contributed by atoms with Gasteiger partial charge in [0, 0.05) is 29.6 Å². The molecule has 0 aliphatic carbocycles. The zero-order chi connectivity index (χ0) is 24.1. The van der Waals surface area contributed by atoms with E-state index in [2.05, 4.69) is 9.98 Å². The predicted octanol–water partition coefficient (Wildman–Crippen LogP) is 3.70. The molecule has 0 aliphatic rings. The smallest absolute Gasteiger partial charge is 0.285 e. The lowest BCUT2D eigenvalue weighted by Crippen LogP contribution is -2.29. The quantitative estimate of drug-likeness (QED) is 0.223. The third-order valence-electron chi connectivity index (χ3n) is 5.00. The summed E-state index contributed by atoms with van der Waals surface area (Å²) in [5.74, 6) is 1.98. The van der Waals surface area contributed by atoms with Crippen LogP contribution in [0.25, 0.3) is 17.1 Å². The lowest BCUT2D eigenvalue weighted by Gasteiger charge is -2.21. The van der Waals surface area contributed by atoms with Gasteiger partial charge in [0.25, 0.3) is 5.56 Å². The second kappa shape index (κ2) is 10.7. The van der Waals surface area contributed by atoms with E-state index in [1.54, 1.807) is 45.2 Å². The molecular weight excluding hydrogens is 460 g/mol. The molecule has 0 spiro atoms. The average molecular weight is 487 g/mol. The van der Waals surface area contributed by atoms with Gasteiger partial charge in [0.15, 0.2) is 11.5 Å². The average Bonchev–Trinajstić information content (AvgIpc) is 2.86. The highest BCUT2D eigenvalue weighted by atomic mass is 32.2. The monoisotopic (exact) mass is 486 g/mol. The van der Waals surface area contributed by atoms with Gasteiger partial charge in [-0.2, -0.15) is 4.98 Å². The van der Waals surface area contributed by atoms with Crippen molar-refractivity contribution in [1.82, 2.24) is 9.55 Å². The lowest BCUT2D eigenvalue weighted by molar-refractivity contribution is 0.324. The SMILES string of the molecule is CN=C(N)c1c(SC)n(-c2cc(OC)c(OC)c(OC)c2)c(-c2ccc(SC)cc2)nc1=O. The summed E-state index contributed by atoms with van der Waals surface area (Å²) in [5.41, 5.74) is 7.34. The number of hydrogen-bond donors (Lipinski definition) is 1. The number of ether oxygens (including phenoxy) is 3. The predicted molar refractivity (Wildman–Crippen MR) is 135 cm³/mol. The number of nitrogens with two attached hydrogens (primary N) is 1. The van der Waals surface area contributed by atoms with E-state index in [-0.39, 0.29) is 11.4 Å². The number of aliphatic imine (C=N–C) groups is 1. The Morgan fingerprint density at radius 1 is 1.00 bits per heavy atom. The Hall–Kier alpha value is -3.11. The Morgan fingerprint density at radius 3 is 2.06 bits per heavy atom. The first-order valence-electron chi connectivity index (χ1n) is 9.82. The minimum absolute atomic E-state index is 0.113. The van der Waals surface area contributed by atoms with E-state index < -0.39 is 5.56 Å². The van der Waals surface area contributed by atoms with E-state index in [1.165, 1.54) is 18.8 Å². The summed E-state index contributed by atoms with van der Waals surface area (Å²) in [4.78, 5) is 22.6. The maximum atomic E-state index is 13.1. The fourth-order valence-electron chi connectivity index (χ4n) is 3.40. The van der Waals surface area contributed by atoms with Gasteiger partial charge in [-0.1, -0.05) is 12.1 Å². The molecule has 2 N–H and O–H groups in total. The highest BCUT2D eigenvalue weighted by Gasteiger charge is 2.23. The molecule has 0 bridgehead atoms. The normalized spacial score (nSPS) is 11.4. The first-order chi connectivity index (χ1) is 15.9. The number of aromatic nitrogens is 2. The molecule has 33 heavy (non-hydrogen) atoms. The molecule has 0 aliphatic heterocycles. The van der Waals surface area contributed by atoms with Crippen molar-refractivity contribution >= 4 is 29.4 Å². The van der Waals surface area contributed by atoms with E-state index in [9.17, 15) is 4.79 Å². The number of methoxy groups -OCH3 is 3. The minimum Gasteiger partial charge on any atom is -0.493 e. The van der Waals surface area contributed by atoms with Gasteiger partial charge in [0.1, 0.15) is 17.2 Å². The van der Waals surface area contributed by atoms with Gasteiger partial charge in [-0.3, -0.25) is 14.4 Å². The van der Waals surface area contributed by atoms with Gasteiger partial charge in [-0.05, 0) is 24.6 Å². The third-order valence-corrected chi connectivity index (χ3v) is 6.51. The second-order valence-electron chi connectivity index (χ2n) is 6.68. The maximum Gasteiger partial charge on any atom is 0.285 e. The molecule has 10 heteroatoms. The summed E-state index contributed by atoms with van der Waals surface area (Å²) in [5, 5.41) is 0.594. The minimum atomic E-state index is -0.449. The molecule has 3 rings (SSSR count). The first kappa shape index (κ1) is 24.5. The fraction of sp³-hybridized carbons (Fsp3) is 0.261. The topological polar surface area (TPSA) is 101 Å². The number of nitrogens with zero attached hydrogens (tertiary/aromatic N) is 3. The summed E-state index contributed by atoms with van der Waals surface area (Å²) in [6, 6.07) is 11.4. The highest BCUT2D eigenvalue weighted by Crippen LogP contribution is 2.41. The van der Waals surface area contributed by atoms with E-state index >= 15 is 0 Å². The fourth-order valence-corrected chi connectivity index (χ4v) is 4.57. The molecule has 0 radical (unpaired) electrons. The summed E-state index contributed by atoms with van der Waals surface area (Å²) in [6.45, 7) is 0. The second-order valence-corrected chi connectivity index (χ2v) is 8.36. The van der Waals surface area contributed by atoms with Gasteiger partial charge >= 0.3 is 0 Å². The van der Waals surface area contributed by atoms with Crippen LogP contribution in [0.5, 0.6) is 17.2 Å². The van der Waals surface area contributed by atoms with Gasteiger partial charge in [-0.25, -0.2) is 0 Å². The Morgan fingerprint density at radius 2 is 1.61 bits per heavy atom. The molecular formula is C23H26N4O4S2. The standard InChI is InChI=1S/C23H26N4O4S2/c1-25-20(24)18-22(28)26-21(13-7-9-15(32-5)10-8-13)27(23(18)33-6)14-11-16(29-2)19(31-4)17(12-14)30-3/h7-12H,1-6H3,(H2,24,25). The molecule has 8 nitrogen and oxygen atoms in total. The summed E-state index contributed by atoms with van der Waals surface area (Å²) < 4.78 is 18.4. The van der Waals surface area contributed by atoms with Crippen molar-refractivity contribution in [2.45, 2.75) is 9.92 Å².